The number of hydrogen-bond acceptors (Lipinski definition) is 3. The Hall–Kier alpha value is -1.94. The Morgan fingerprint density at radius 1 is 0.926 bits per heavy atom. The van der Waals surface area contributed by atoms with Crippen LogP contribution in [0.1, 0.15) is 69.0 Å². The Labute approximate surface area is 166 Å². The fourth-order valence-corrected chi connectivity index (χ4v) is 4.11. The predicted octanol–water partition coefficient (Wildman–Crippen LogP) is 5.89. The highest BCUT2D eigenvalue weighted by Crippen LogP contribution is 2.44. The summed E-state index contributed by atoms with van der Waals surface area (Å²) in [6.45, 7) is 12.5. The van der Waals surface area contributed by atoms with Gasteiger partial charge in [0.1, 0.15) is 5.75 Å². The van der Waals surface area contributed by atoms with Gasteiger partial charge in [-0.1, -0.05) is 84.0 Å². The Bertz CT molecular complexity index is 764. The Morgan fingerprint density at radius 2 is 1.41 bits per heavy atom. The fraction of sp³-hybridized carbons (Fsp3) is 0.435. The van der Waals surface area contributed by atoms with Crippen LogP contribution in [-0.2, 0) is 15.6 Å². The Balaban J connectivity index is 2.69. The average Bonchev–Trinajstić information content (AvgIpc) is 2.54. The van der Waals surface area contributed by atoms with Crippen LogP contribution in [-0.4, -0.2) is 21.9 Å². The van der Waals surface area contributed by atoms with E-state index in [1.165, 1.54) is 11.8 Å². The number of carboxylic acids is 1. The average molecular weight is 388 g/mol. The molecule has 0 aromatic heterocycles. The lowest BCUT2D eigenvalue weighted by molar-refractivity contribution is -0.133. The molecule has 3 nitrogen and oxygen atoms in total. The van der Waals surface area contributed by atoms with E-state index in [4.69, 9.17) is 0 Å². The number of benzene rings is 2. The van der Waals surface area contributed by atoms with Crippen molar-refractivity contribution in [3.63, 3.8) is 0 Å². The first kappa shape index (κ1) is 21.4. The highest BCUT2D eigenvalue weighted by molar-refractivity contribution is 8.00. The highest BCUT2D eigenvalue weighted by Gasteiger charge is 2.29. The summed E-state index contributed by atoms with van der Waals surface area (Å²) in [4.78, 5) is 11.2. The smallest absolute Gasteiger partial charge is 0.313 e. The molecule has 0 aliphatic carbocycles. The summed E-state index contributed by atoms with van der Waals surface area (Å²) in [5.74, 6) is -0.462. The second-order valence-corrected chi connectivity index (χ2v) is 10.1. The molecule has 0 spiro atoms. The van der Waals surface area contributed by atoms with Gasteiger partial charge in [-0.15, -0.1) is 11.8 Å². The molecular weight excluding hydrogens is 357 g/mol. The van der Waals surface area contributed by atoms with E-state index >= 15 is 0 Å². The van der Waals surface area contributed by atoms with Gasteiger partial charge in [0, 0.05) is 0 Å². The van der Waals surface area contributed by atoms with Crippen molar-refractivity contribution in [3.8, 4) is 5.75 Å². The zero-order chi connectivity index (χ0) is 20.4. The van der Waals surface area contributed by atoms with Gasteiger partial charge < -0.3 is 10.2 Å². The van der Waals surface area contributed by atoms with E-state index in [0.29, 0.717) is 5.75 Å². The van der Waals surface area contributed by atoms with Crippen molar-refractivity contribution in [1.29, 1.82) is 0 Å². The zero-order valence-electron chi connectivity index (χ0n) is 17.0. The number of hydrogen-bond donors (Lipinski definition) is 2. The van der Waals surface area contributed by atoms with Gasteiger partial charge in [0.2, 0.25) is 0 Å². The van der Waals surface area contributed by atoms with Gasteiger partial charge in [-0.3, -0.25) is 4.79 Å². The molecule has 1 atom stereocenters. The Morgan fingerprint density at radius 3 is 1.81 bits per heavy atom. The number of rotatable bonds is 5. The third-order valence-corrected chi connectivity index (χ3v) is 5.82. The standard InChI is InChI=1S/C23H30O3S/c1-22(2,3)17-12-16(13-18(20(17)26)23(4,5)6)21(27-14-19(24)25)15-10-8-7-9-11-15/h7-13,21,26H,14H2,1-6H3,(H,24,25)/i19+1. The molecule has 0 fully saturated rings. The summed E-state index contributed by atoms with van der Waals surface area (Å²) in [5, 5.41) is 20.1. The fourth-order valence-electron chi connectivity index (χ4n) is 3.12. The minimum absolute atomic E-state index is 0.0239. The topological polar surface area (TPSA) is 57.5 Å². The van der Waals surface area contributed by atoms with E-state index in [1.54, 1.807) is 0 Å². The second kappa shape index (κ2) is 7.97. The lowest BCUT2D eigenvalue weighted by Crippen LogP contribution is -2.18. The lowest BCUT2D eigenvalue weighted by atomic mass is 9.78. The van der Waals surface area contributed by atoms with Gasteiger partial charge in [-0.2, -0.15) is 0 Å². The van der Waals surface area contributed by atoms with Gasteiger partial charge >= 0.3 is 5.97 Å². The van der Waals surface area contributed by atoms with Crippen LogP contribution in [0.15, 0.2) is 42.5 Å². The molecule has 146 valence electrons. The first-order valence-electron chi connectivity index (χ1n) is 9.17. The molecule has 27 heavy (non-hydrogen) atoms. The van der Waals surface area contributed by atoms with Crippen molar-refractivity contribution in [2.75, 3.05) is 5.75 Å². The minimum Gasteiger partial charge on any atom is -0.507 e. The number of phenols is 1. The third kappa shape index (κ3) is 5.29. The van der Waals surface area contributed by atoms with Crippen LogP contribution in [0.25, 0.3) is 0 Å². The molecule has 2 aromatic carbocycles. The van der Waals surface area contributed by atoms with Crippen LogP contribution in [0.4, 0.5) is 0 Å². The molecule has 2 N–H and O–H groups in total. The number of carboxylic acid groups (broad SMARTS) is 1. The van der Waals surface area contributed by atoms with E-state index < -0.39 is 5.97 Å². The number of phenolic OH excluding ortho intramolecular Hbond substituents is 1. The van der Waals surface area contributed by atoms with Crippen molar-refractivity contribution in [2.45, 2.75) is 57.6 Å². The Kier molecular flexibility index (Phi) is 6.31. The largest absolute Gasteiger partial charge is 0.507 e. The molecule has 0 saturated carbocycles. The van der Waals surface area contributed by atoms with Crippen LogP contribution >= 0.6 is 11.8 Å². The van der Waals surface area contributed by atoms with Crippen molar-refractivity contribution in [2.24, 2.45) is 0 Å². The number of aliphatic carboxylic acids is 1. The van der Waals surface area contributed by atoms with Crippen molar-refractivity contribution in [3.05, 3.63) is 64.7 Å². The summed E-state index contributed by atoms with van der Waals surface area (Å²) < 4.78 is 0. The maximum absolute atomic E-state index is 11.2. The predicted molar refractivity (Wildman–Crippen MR) is 114 cm³/mol. The van der Waals surface area contributed by atoms with Crippen molar-refractivity contribution in [1.82, 2.24) is 0 Å². The van der Waals surface area contributed by atoms with Gasteiger partial charge in [-0.25, -0.2) is 0 Å². The van der Waals surface area contributed by atoms with Gasteiger partial charge in [0.15, 0.2) is 0 Å². The molecule has 0 radical (unpaired) electrons. The third-order valence-electron chi connectivity index (χ3n) is 4.53. The molecule has 4 heteroatoms. The molecule has 0 aliphatic heterocycles. The van der Waals surface area contributed by atoms with Crippen molar-refractivity contribution >= 4 is 17.7 Å². The minimum atomic E-state index is -0.827. The molecule has 0 heterocycles. The van der Waals surface area contributed by atoms with Crippen LogP contribution in [0, 0.1) is 0 Å². The molecule has 0 aliphatic rings. The molecule has 0 saturated heterocycles. The molecule has 0 amide bonds. The van der Waals surface area contributed by atoms with E-state index in [-0.39, 0.29) is 21.8 Å². The summed E-state index contributed by atoms with van der Waals surface area (Å²) in [5.41, 5.74) is 3.43. The van der Waals surface area contributed by atoms with Crippen LogP contribution in [0.3, 0.4) is 0 Å². The monoisotopic (exact) mass is 387 g/mol. The van der Waals surface area contributed by atoms with E-state index in [1.807, 2.05) is 42.5 Å². The van der Waals surface area contributed by atoms with E-state index in [0.717, 1.165) is 22.3 Å². The summed E-state index contributed by atoms with van der Waals surface area (Å²) in [6, 6.07) is 14.0. The number of thioether (sulfide) groups is 1. The van der Waals surface area contributed by atoms with Gasteiger partial charge in [0.25, 0.3) is 0 Å². The SMILES string of the molecule is CC(C)(C)c1cc(C(SC[13C](=O)O)c2ccccc2)cc(C(C)(C)C)c1O. The van der Waals surface area contributed by atoms with E-state index in [2.05, 4.69) is 41.5 Å². The highest BCUT2D eigenvalue weighted by atomic mass is 32.2. The molecular formula is C23H30O3S. The summed E-state index contributed by atoms with van der Waals surface area (Å²) >= 11 is 1.40. The normalized spacial score (nSPS) is 13.4. The van der Waals surface area contributed by atoms with Crippen LogP contribution in [0.2, 0.25) is 0 Å². The van der Waals surface area contributed by atoms with Gasteiger partial charge in [-0.05, 0) is 33.1 Å². The zero-order valence-corrected chi connectivity index (χ0v) is 17.9. The number of carbonyl (C=O) groups is 1. The summed E-state index contributed by atoms with van der Waals surface area (Å²) in [6.07, 6.45) is 0. The molecule has 2 aromatic rings. The number of aromatic hydroxyl groups is 1. The van der Waals surface area contributed by atoms with Crippen molar-refractivity contribution < 1.29 is 15.0 Å². The quantitative estimate of drug-likeness (QED) is 0.628. The van der Waals surface area contributed by atoms with E-state index in [9.17, 15) is 15.0 Å². The molecule has 2 rings (SSSR count). The second-order valence-electron chi connectivity index (χ2n) is 8.96. The molecule has 0 bridgehead atoms. The lowest BCUT2D eigenvalue weighted by Gasteiger charge is -2.30. The van der Waals surface area contributed by atoms with Crippen LogP contribution < -0.4 is 0 Å². The maximum Gasteiger partial charge on any atom is 0.313 e. The van der Waals surface area contributed by atoms with Gasteiger partial charge in [0.05, 0.1) is 11.0 Å². The van der Waals surface area contributed by atoms with Crippen LogP contribution in [0.5, 0.6) is 5.75 Å². The first-order valence-corrected chi connectivity index (χ1v) is 10.2. The maximum atomic E-state index is 11.2. The molecule has 1 unspecified atom stereocenters. The first-order chi connectivity index (χ1) is 12.4. The summed E-state index contributed by atoms with van der Waals surface area (Å²) in [7, 11) is 0.